The van der Waals surface area contributed by atoms with Crippen LogP contribution in [0.4, 0.5) is 0 Å². The van der Waals surface area contributed by atoms with Crippen molar-refractivity contribution in [3.05, 3.63) is 63.6 Å². The highest BCUT2D eigenvalue weighted by Crippen LogP contribution is 2.23. The summed E-state index contributed by atoms with van der Waals surface area (Å²) in [6.07, 6.45) is 1.73. The Morgan fingerprint density at radius 2 is 1.74 bits per heavy atom. The SMILES string of the molecule is CCc1ccc(OCC(=O)N(Cc2ccc(Cl)cc2Cl)[C@H](C)C(=O)N[C@H](C)CC)cc1. The first-order valence-electron chi connectivity index (χ1n) is 10.5. The number of carbonyl (C=O) groups is 2. The second kappa shape index (κ2) is 12.0. The molecule has 0 fully saturated rings. The Balaban J connectivity index is 2.17. The zero-order valence-electron chi connectivity index (χ0n) is 18.5. The van der Waals surface area contributed by atoms with E-state index < -0.39 is 6.04 Å². The highest BCUT2D eigenvalue weighted by molar-refractivity contribution is 6.35. The molecule has 0 aliphatic carbocycles. The summed E-state index contributed by atoms with van der Waals surface area (Å²) in [6.45, 7) is 7.68. The van der Waals surface area contributed by atoms with E-state index >= 15 is 0 Å². The van der Waals surface area contributed by atoms with Gasteiger partial charge in [0, 0.05) is 22.6 Å². The molecule has 0 spiro atoms. The predicted octanol–water partition coefficient (Wildman–Crippen LogP) is 5.27. The van der Waals surface area contributed by atoms with Crippen molar-refractivity contribution in [3.8, 4) is 5.75 Å². The average molecular weight is 465 g/mol. The Bertz CT molecular complexity index is 887. The molecule has 0 heterocycles. The lowest BCUT2D eigenvalue weighted by Crippen LogP contribution is -2.50. The molecule has 2 amide bonds. The topological polar surface area (TPSA) is 58.6 Å². The first-order chi connectivity index (χ1) is 14.7. The van der Waals surface area contributed by atoms with E-state index in [2.05, 4.69) is 12.2 Å². The van der Waals surface area contributed by atoms with Crippen molar-refractivity contribution in [3.63, 3.8) is 0 Å². The van der Waals surface area contributed by atoms with Gasteiger partial charge in [0.1, 0.15) is 11.8 Å². The summed E-state index contributed by atoms with van der Waals surface area (Å²) in [7, 11) is 0. The Kier molecular flexibility index (Phi) is 9.66. The van der Waals surface area contributed by atoms with Crippen LogP contribution in [0.2, 0.25) is 10.0 Å². The first-order valence-corrected chi connectivity index (χ1v) is 11.3. The van der Waals surface area contributed by atoms with Gasteiger partial charge in [-0.2, -0.15) is 0 Å². The lowest BCUT2D eigenvalue weighted by atomic mass is 10.1. The Morgan fingerprint density at radius 1 is 1.06 bits per heavy atom. The summed E-state index contributed by atoms with van der Waals surface area (Å²) in [5, 5.41) is 3.88. The van der Waals surface area contributed by atoms with Gasteiger partial charge in [0.15, 0.2) is 6.61 Å². The maximum atomic E-state index is 13.1. The second-order valence-corrected chi connectivity index (χ2v) is 8.38. The minimum Gasteiger partial charge on any atom is -0.484 e. The van der Waals surface area contributed by atoms with E-state index in [-0.39, 0.29) is 31.0 Å². The molecular formula is C24H30Cl2N2O3. The van der Waals surface area contributed by atoms with Gasteiger partial charge in [0.25, 0.3) is 5.91 Å². The number of hydrogen-bond acceptors (Lipinski definition) is 3. The van der Waals surface area contributed by atoms with E-state index in [9.17, 15) is 9.59 Å². The van der Waals surface area contributed by atoms with E-state index in [1.807, 2.05) is 38.1 Å². The number of aryl methyl sites for hydroxylation is 1. The highest BCUT2D eigenvalue weighted by Gasteiger charge is 2.27. The van der Waals surface area contributed by atoms with Gasteiger partial charge in [-0.15, -0.1) is 0 Å². The van der Waals surface area contributed by atoms with E-state index in [0.29, 0.717) is 21.4 Å². The van der Waals surface area contributed by atoms with Crippen molar-refractivity contribution in [1.82, 2.24) is 10.2 Å². The highest BCUT2D eigenvalue weighted by atomic mass is 35.5. The lowest BCUT2D eigenvalue weighted by Gasteiger charge is -2.30. The maximum Gasteiger partial charge on any atom is 0.261 e. The van der Waals surface area contributed by atoms with Crippen LogP contribution in [0.5, 0.6) is 5.75 Å². The fourth-order valence-corrected chi connectivity index (χ4v) is 3.40. The van der Waals surface area contributed by atoms with Crippen molar-refractivity contribution in [2.75, 3.05) is 6.61 Å². The molecule has 168 valence electrons. The zero-order valence-corrected chi connectivity index (χ0v) is 20.0. The minimum absolute atomic E-state index is 0.0133. The van der Waals surface area contributed by atoms with Gasteiger partial charge in [0.05, 0.1) is 0 Å². The maximum absolute atomic E-state index is 13.1. The molecule has 2 aromatic rings. The molecule has 31 heavy (non-hydrogen) atoms. The van der Waals surface area contributed by atoms with Gasteiger partial charge in [-0.05, 0) is 62.1 Å². The summed E-state index contributed by atoms with van der Waals surface area (Å²) in [5.74, 6) is 0.0733. The standard InChI is InChI=1S/C24H30Cl2N2O3/c1-5-16(3)27-24(30)17(4)28(14-19-9-10-20(25)13-22(19)26)23(29)15-31-21-11-7-18(6-2)8-12-21/h7-13,16-17H,5-6,14-15H2,1-4H3,(H,27,30)/t16-,17-/m1/s1. The van der Waals surface area contributed by atoms with Crippen LogP contribution in [0.3, 0.4) is 0 Å². The fourth-order valence-electron chi connectivity index (χ4n) is 2.93. The molecule has 0 saturated carbocycles. The summed E-state index contributed by atoms with van der Waals surface area (Å²) in [5.41, 5.74) is 1.89. The zero-order chi connectivity index (χ0) is 23.0. The number of benzene rings is 2. The number of carbonyl (C=O) groups excluding carboxylic acids is 2. The molecule has 2 rings (SSSR count). The number of nitrogens with one attached hydrogen (secondary N) is 1. The van der Waals surface area contributed by atoms with E-state index in [4.69, 9.17) is 27.9 Å². The molecule has 2 atom stereocenters. The third kappa shape index (κ3) is 7.44. The van der Waals surface area contributed by atoms with E-state index in [0.717, 1.165) is 12.8 Å². The fraction of sp³-hybridized carbons (Fsp3) is 0.417. The number of amides is 2. The summed E-state index contributed by atoms with van der Waals surface area (Å²) >= 11 is 12.3. The molecule has 1 N–H and O–H groups in total. The molecule has 5 nitrogen and oxygen atoms in total. The average Bonchev–Trinajstić information content (AvgIpc) is 2.76. The third-order valence-corrected chi connectivity index (χ3v) is 5.80. The first kappa shape index (κ1) is 25.0. The number of rotatable bonds is 10. The molecule has 2 aromatic carbocycles. The Morgan fingerprint density at radius 3 is 2.32 bits per heavy atom. The van der Waals surface area contributed by atoms with Gasteiger partial charge in [-0.1, -0.05) is 55.2 Å². The molecule has 0 radical (unpaired) electrons. The number of hydrogen-bond donors (Lipinski definition) is 1. The van der Waals surface area contributed by atoms with Crippen LogP contribution in [-0.2, 0) is 22.6 Å². The van der Waals surface area contributed by atoms with Crippen LogP contribution >= 0.6 is 23.2 Å². The van der Waals surface area contributed by atoms with Crippen LogP contribution in [0.1, 0.15) is 45.2 Å². The molecule has 0 bridgehead atoms. The number of ether oxygens (including phenoxy) is 1. The molecule has 7 heteroatoms. The van der Waals surface area contributed by atoms with Crippen molar-refractivity contribution >= 4 is 35.0 Å². The van der Waals surface area contributed by atoms with Gasteiger partial charge in [-0.25, -0.2) is 0 Å². The normalized spacial score (nSPS) is 12.7. The van der Waals surface area contributed by atoms with Crippen LogP contribution in [-0.4, -0.2) is 35.4 Å². The summed E-state index contributed by atoms with van der Waals surface area (Å²) < 4.78 is 5.69. The van der Waals surface area contributed by atoms with Crippen molar-refractivity contribution in [1.29, 1.82) is 0 Å². The monoisotopic (exact) mass is 464 g/mol. The smallest absolute Gasteiger partial charge is 0.261 e. The second-order valence-electron chi connectivity index (χ2n) is 7.54. The van der Waals surface area contributed by atoms with Gasteiger partial charge in [-0.3, -0.25) is 9.59 Å². The van der Waals surface area contributed by atoms with Crippen LogP contribution < -0.4 is 10.1 Å². The molecule has 0 aromatic heterocycles. The molecule has 0 aliphatic heterocycles. The number of nitrogens with zero attached hydrogens (tertiary/aromatic N) is 1. The van der Waals surface area contributed by atoms with Crippen LogP contribution in [0.15, 0.2) is 42.5 Å². The van der Waals surface area contributed by atoms with Crippen molar-refractivity contribution in [2.24, 2.45) is 0 Å². The van der Waals surface area contributed by atoms with Crippen LogP contribution in [0.25, 0.3) is 0 Å². The minimum atomic E-state index is -0.695. The van der Waals surface area contributed by atoms with Crippen LogP contribution in [0, 0.1) is 0 Å². The summed E-state index contributed by atoms with van der Waals surface area (Å²) in [4.78, 5) is 27.3. The van der Waals surface area contributed by atoms with Crippen molar-refractivity contribution < 1.29 is 14.3 Å². The van der Waals surface area contributed by atoms with Gasteiger partial charge in [0.2, 0.25) is 5.91 Å². The lowest BCUT2D eigenvalue weighted by molar-refractivity contribution is -0.142. The number of halogens is 2. The van der Waals surface area contributed by atoms with Gasteiger partial charge >= 0.3 is 0 Å². The third-order valence-electron chi connectivity index (χ3n) is 5.22. The van der Waals surface area contributed by atoms with Gasteiger partial charge < -0.3 is 15.0 Å². The molecular weight excluding hydrogens is 435 g/mol. The van der Waals surface area contributed by atoms with Crippen molar-refractivity contribution in [2.45, 2.75) is 59.2 Å². The predicted molar refractivity (Wildman–Crippen MR) is 126 cm³/mol. The molecule has 0 unspecified atom stereocenters. The van der Waals surface area contributed by atoms with E-state index in [1.165, 1.54) is 10.5 Å². The Labute approximate surface area is 194 Å². The molecule has 0 aliphatic rings. The molecule has 0 saturated heterocycles. The van der Waals surface area contributed by atoms with E-state index in [1.54, 1.807) is 25.1 Å². The quantitative estimate of drug-likeness (QED) is 0.520. The summed E-state index contributed by atoms with van der Waals surface area (Å²) in [6, 6.07) is 12.0. The largest absolute Gasteiger partial charge is 0.484 e. The Hall–Kier alpha value is -2.24.